The van der Waals surface area contributed by atoms with E-state index in [-0.39, 0.29) is 49.4 Å². The van der Waals surface area contributed by atoms with Gasteiger partial charge in [0.05, 0.1) is 56.2 Å². The maximum absolute atomic E-state index is 13.2. The number of hydrogen-bond acceptors (Lipinski definition) is 15. The first-order valence-corrected chi connectivity index (χ1v) is 28.4. The minimum atomic E-state index is -1.34. The standard InChI is InChI=1S/C61H71N13O10/c1-38(75)67-48(33-51(62)76)56(79)64-34-53(78)65-37-83-36-61(84-43-14-15-43,41-10-6-5-7-11-41)55-45-32-40(46-35-71(3)57(80)54-44(46)18-25-63-54)13-16-47(45)68-58(70-55)73-26-19-42(20-27-73)72-29-22-60(2,23-30-72)66-24-8-9-39-12-17-50(82-4)49(31-39)74-28-21-52(77)69-59(74)81/h5-7,10-13,16-18,25,31-32,35,42-43,48,63,66H,14-15,19-24,26-30,33-34,36-37H2,1-4H3,(H2,62,76)(H,64,79)(H,65,78)(H,67,75)(H,69,77,81)/t48-,61-/m0/s1. The predicted octanol–water partition coefficient (Wildman–Crippen LogP) is 3.41. The quantitative estimate of drug-likeness (QED) is 0.0309. The van der Waals surface area contributed by atoms with Gasteiger partial charge in [0.1, 0.15) is 24.0 Å². The first-order valence-electron chi connectivity index (χ1n) is 28.4. The van der Waals surface area contributed by atoms with Crippen molar-refractivity contribution in [2.24, 2.45) is 12.8 Å². The molecule has 84 heavy (non-hydrogen) atoms. The minimum absolute atomic E-state index is 0.0904. The fraction of sp³-hybridized carbons (Fsp3) is 0.426. The lowest BCUT2D eigenvalue weighted by atomic mass is 9.87. The molecule has 23 nitrogen and oxygen atoms in total. The summed E-state index contributed by atoms with van der Waals surface area (Å²) < 4.78 is 20.7. The Morgan fingerprint density at radius 3 is 2.40 bits per heavy atom. The number of fused-ring (bicyclic) bond motifs is 2. The molecular weight excluding hydrogens is 1070 g/mol. The molecule has 0 spiro atoms. The van der Waals surface area contributed by atoms with Gasteiger partial charge in [0.25, 0.3) is 5.56 Å². The van der Waals surface area contributed by atoms with Crippen molar-refractivity contribution in [1.29, 1.82) is 0 Å². The summed E-state index contributed by atoms with van der Waals surface area (Å²) in [7, 11) is 3.27. The number of urea groups is 1. The molecule has 4 aliphatic rings. The maximum atomic E-state index is 13.2. The van der Waals surface area contributed by atoms with Gasteiger partial charge in [-0.1, -0.05) is 48.2 Å². The van der Waals surface area contributed by atoms with Crippen molar-refractivity contribution < 1.29 is 43.0 Å². The van der Waals surface area contributed by atoms with Crippen molar-refractivity contribution in [2.45, 2.75) is 94.5 Å². The Hall–Kier alpha value is -8.69. The lowest BCUT2D eigenvalue weighted by molar-refractivity contribution is -0.132. The van der Waals surface area contributed by atoms with E-state index in [0.717, 1.165) is 79.3 Å². The van der Waals surface area contributed by atoms with Crippen molar-refractivity contribution in [3.8, 4) is 28.7 Å². The van der Waals surface area contributed by atoms with Crippen LogP contribution in [0.4, 0.5) is 16.4 Å². The van der Waals surface area contributed by atoms with Crippen molar-refractivity contribution in [2.75, 3.05) is 76.1 Å². The monoisotopic (exact) mass is 1150 g/mol. The molecule has 0 unspecified atom stereocenters. The molecule has 3 aliphatic heterocycles. The highest BCUT2D eigenvalue weighted by Crippen LogP contribution is 2.44. The largest absolute Gasteiger partial charge is 0.495 e. The number of aryl methyl sites for hydroxylation is 1. The molecule has 8 N–H and O–H groups in total. The summed E-state index contributed by atoms with van der Waals surface area (Å²) >= 11 is 0. The SMILES string of the molecule is COc1ccc(C#CCNC2(C)CCN(C3CCN(c4nc([C@@](COCNC(=O)CNC(=O)[C@H](CC(N)=O)NC(C)=O)(OC5CC5)c5ccccc5)c5cc(-c6cn(C)c(=O)c7[nH]ccc67)ccc5n4)CC3)CC2)cc1N1CCC(=O)NC1=O. The van der Waals surface area contributed by atoms with E-state index in [1.54, 1.807) is 31.0 Å². The van der Waals surface area contributed by atoms with Gasteiger partial charge in [0.15, 0.2) is 5.60 Å². The zero-order valence-electron chi connectivity index (χ0n) is 47.7. The fourth-order valence-corrected chi connectivity index (χ4v) is 11.4. The Morgan fingerprint density at radius 1 is 0.917 bits per heavy atom. The summed E-state index contributed by atoms with van der Waals surface area (Å²) in [5, 5.41) is 15.1. The molecular formula is C61H71N13O10. The van der Waals surface area contributed by atoms with Crippen LogP contribution in [0.1, 0.15) is 82.0 Å². The van der Waals surface area contributed by atoms with E-state index >= 15 is 0 Å². The molecule has 10 rings (SSSR count). The molecule has 6 heterocycles. The van der Waals surface area contributed by atoms with Gasteiger partial charge in [-0.3, -0.25) is 39.0 Å². The number of nitrogens with one attached hydrogen (secondary N) is 6. The number of piperidine rings is 2. The number of nitrogens with two attached hydrogens (primary N) is 1. The summed E-state index contributed by atoms with van der Waals surface area (Å²) in [6.07, 6.45) is 8.55. The number of carbonyl (C=O) groups excluding carboxylic acids is 6. The number of amides is 7. The number of nitrogens with zero attached hydrogens (tertiary/aromatic N) is 6. The Morgan fingerprint density at radius 2 is 1.69 bits per heavy atom. The third-order valence-electron chi connectivity index (χ3n) is 16.1. The number of likely N-dealkylation sites (tertiary alicyclic amines) is 1. The van der Waals surface area contributed by atoms with Crippen LogP contribution in [0, 0.1) is 11.8 Å². The highest BCUT2D eigenvalue weighted by molar-refractivity contribution is 6.06. The lowest BCUT2D eigenvalue weighted by Crippen LogP contribution is -2.55. The summed E-state index contributed by atoms with van der Waals surface area (Å²) in [5.74, 6) is 4.62. The van der Waals surface area contributed by atoms with Crippen LogP contribution in [0.25, 0.3) is 32.9 Å². The van der Waals surface area contributed by atoms with Crippen LogP contribution in [-0.4, -0.2) is 150 Å². The summed E-state index contributed by atoms with van der Waals surface area (Å²) in [6, 6.07) is 21.8. The van der Waals surface area contributed by atoms with Gasteiger partial charge < -0.3 is 60.6 Å². The number of imide groups is 1. The molecule has 1 saturated carbocycles. The first-order chi connectivity index (χ1) is 40.5. The van der Waals surface area contributed by atoms with E-state index in [9.17, 15) is 33.6 Å². The maximum Gasteiger partial charge on any atom is 0.328 e. The van der Waals surface area contributed by atoms with Crippen LogP contribution >= 0.6 is 0 Å². The number of aromatic nitrogens is 4. The van der Waals surface area contributed by atoms with Gasteiger partial charge in [-0.2, -0.15) is 0 Å². The number of aromatic amines is 1. The van der Waals surface area contributed by atoms with Crippen molar-refractivity contribution in [3.63, 3.8) is 0 Å². The van der Waals surface area contributed by atoms with Gasteiger partial charge >= 0.3 is 6.03 Å². The number of methoxy groups -OCH3 is 1. The Balaban J connectivity index is 0.864. The zero-order chi connectivity index (χ0) is 59.1. The van der Waals surface area contributed by atoms with E-state index < -0.39 is 54.3 Å². The second kappa shape index (κ2) is 25.4. The molecule has 0 radical (unpaired) electrons. The predicted molar refractivity (Wildman–Crippen MR) is 315 cm³/mol. The van der Waals surface area contributed by atoms with E-state index in [4.69, 9.17) is 29.9 Å². The molecule has 3 saturated heterocycles. The summed E-state index contributed by atoms with van der Waals surface area (Å²) in [5.41, 5.74) is 9.18. The first kappa shape index (κ1) is 58.5. The second-order valence-corrected chi connectivity index (χ2v) is 22.2. The van der Waals surface area contributed by atoms with Crippen molar-refractivity contribution in [3.05, 3.63) is 112 Å². The lowest BCUT2D eigenvalue weighted by Gasteiger charge is -2.45. The zero-order valence-corrected chi connectivity index (χ0v) is 47.7. The molecule has 2 atom stereocenters. The molecule has 0 bridgehead atoms. The molecule has 1 aliphatic carbocycles. The number of pyridine rings is 1. The van der Waals surface area contributed by atoms with E-state index in [1.165, 1.54) is 11.8 Å². The van der Waals surface area contributed by atoms with Gasteiger partial charge in [0, 0.05) is 99.0 Å². The molecule has 3 aromatic heterocycles. The minimum Gasteiger partial charge on any atom is -0.495 e. The number of ether oxygens (including phenoxy) is 3. The number of rotatable bonds is 21. The van der Waals surface area contributed by atoms with Crippen molar-refractivity contribution >= 4 is 69.0 Å². The van der Waals surface area contributed by atoms with Crippen LogP contribution in [0.2, 0.25) is 0 Å². The normalized spacial score (nSPS) is 17.6. The van der Waals surface area contributed by atoms with E-state index in [2.05, 4.69) is 60.1 Å². The molecule has 440 valence electrons. The fourth-order valence-electron chi connectivity index (χ4n) is 11.4. The van der Waals surface area contributed by atoms with Crippen LogP contribution in [0.3, 0.4) is 0 Å². The Kier molecular flexibility index (Phi) is 17.7. The number of benzene rings is 3. The smallest absolute Gasteiger partial charge is 0.328 e. The molecule has 7 amide bonds. The third-order valence-corrected chi connectivity index (χ3v) is 16.1. The van der Waals surface area contributed by atoms with E-state index in [1.807, 2.05) is 72.9 Å². The topological polar surface area (TPSA) is 290 Å². The molecule has 23 heteroatoms. The Labute approximate surface area is 485 Å². The van der Waals surface area contributed by atoms with Crippen LogP contribution < -0.4 is 52.4 Å². The molecule has 4 fully saturated rings. The number of carbonyl (C=O) groups is 6. The summed E-state index contributed by atoms with van der Waals surface area (Å²) in [6.45, 7) is 6.65. The number of hydrogen-bond donors (Lipinski definition) is 7. The molecule has 6 aromatic rings. The number of primary amides is 1. The molecule has 3 aromatic carbocycles. The summed E-state index contributed by atoms with van der Waals surface area (Å²) in [4.78, 5) is 107. The van der Waals surface area contributed by atoms with Gasteiger partial charge in [-0.05, 0) is 93.0 Å². The van der Waals surface area contributed by atoms with Crippen LogP contribution in [0.15, 0.2) is 90.0 Å². The van der Waals surface area contributed by atoms with Crippen LogP contribution in [0.5, 0.6) is 5.75 Å². The van der Waals surface area contributed by atoms with Crippen molar-refractivity contribution in [1.82, 2.24) is 51.0 Å². The highest BCUT2D eigenvalue weighted by Gasteiger charge is 2.45. The number of H-pyrrole nitrogens is 1. The van der Waals surface area contributed by atoms with Gasteiger partial charge in [-0.25, -0.2) is 14.8 Å². The van der Waals surface area contributed by atoms with Gasteiger partial charge in [-0.15, -0.1) is 0 Å². The van der Waals surface area contributed by atoms with E-state index in [0.29, 0.717) is 65.2 Å². The third kappa shape index (κ3) is 13.4. The highest BCUT2D eigenvalue weighted by atomic mass is 16.6. The average Bonchev–Trinajstić information content (AvgIpc) is 2.12. The second-order valence-electron chi connectivity index (χ2n) is 22.2. The Bertz CT molecular complexity index is 3580. The number of anilines is 2. The van der Waals surface area contributed by atoms with Gasteiger partial charge in [0.2, 0.25) is 35.5 Å². The van der Waals surface area contributed by atoms with Crippen LogP contribution in [-0.2, 0) is 46.1 Å². The average molecular weight is 1150 g/mol.